The molecule has 0 saturated heterocycles. The van der Waals surface area contributed by atoms with E-state index >= 15 is 0 Å². The molecular weight excluding hydrogens is 254 g/mol. The lowest BCUT2D eigenvalue weighted by Crippen LogP contribution is -2.47. The Bertz CT molecular complexity index is 319. The molecule has 0 aromatic carbocycles. The molecule has 0 heterocycles. The number of ether oxygens (including phenoxy) is 1. The van der Waals surface area contributed by atoms with Crippen LogP contribution in [0.5, 0.6) is 0 Å². The van der Waals surface area contributed by atoms with Crippen molar-refractivity contribution in [3.8, 4) is 0 Å². The Morgan fingerprint density at radius 1 is 1.32 bits per heavy atom. The van der Waals surface area contributed by atoms with Gasteiger partial charge in [0, 0.05) is 0 Å². The summed E-state index contributed by atoms with van der Waals surface area (Å²) >= 11 is 0. The van der Waals surface area contributed by atoms with E-state index in [1.165, 1.54) is 0 Å². The van der Waals surface area contributed by atoms with Crippen LogP contribution in [0.2, 0.25) is 0 Å². The SMILES string of the molecule is COC(=O)CC(O)(CCC(O)C(O)C(C)C)C(N)=O. The number of aliphatic hydroxyl groups excluding tert-OH is 2. The van der Waals surface area contributed by atoms with Crippen LogP contribution in [0.3, 0.4) is 0 Å². The molecule has 0 aliphatic rings. The number of aliphatic hydroxyl groups is 3. The summed E-state index contributed by atoms with van der Waals surface area (Å²) in [7, 11) is 1.13. The fourth-order valence-electron chi connectivity index (χ4n) is 1.61. The molecule has 0 aliphatic heterocycles. The van der Waals surface area contributed by atoms with E-state index < -0.39 is 36.1 Å². The lowest BCUT2D eigenvalue weighted by atomic mass is 9.89. The Morgan fingerprint density at radius 2 is 1.84 bits per heavy atom. The fourth-order valence-corrected chi connectivity index (χ4v) is 1.61. The maximum Gasteiger partial charge on any atom is 0.308 e. The van der Waals surface area contributed by atoms with E-state index in [0.717, 1.165) is 7.11 Å². The van der Waals surface area contributed by atoms with Crippen LogP contribution < -0.4 is 5.73 Å². The average molecular weight is 277 g/mol. The first-order valence-electron chi connectivity index (χ1n) is 6.09. The average Bonchev–Trinajstić information content (AvgIpc) is 2.34. The minimum atomic E-state index is -2.08. The van der Waals surface area contributed by atoms with Crippen molar-refractivity contribution in [3.63, 3.8) is 0 Å². The lowest BCUT2D eigenvalue weighted by molar-refractivity contribution is -0.154. The Hall–Kier alpha value is -1.18. The topological polar surface area (TPSA) is 130 Å². The number of esters is 1. The summed E-state index contributed by atoms with van der Waals surface area (Å²) in [6.45, 7) is 3.45. The van der Waals surface area contributed by atoms with Crippen molar-refractivity contribution in [1.82, 2.24) is 0 Å². The van der Waals surface area contributed by atoms with E-state index in [9.17, 15) is 24.9 Å². The molecule has 3 atom stereocenters. The molecule has 0 fully saturated rings. The Balaban J connectivity index is 4.60. The maximum atomic E-state index is 11.2. The van der Waals surface area contributed by atoms with E-state index in [1.807, 2.05) is 0 Å². The lowest BCUT2D eigenvalue weighted by Gasteiger charge is -2.27. The molecule has 3 unspecified atom stereocenters. The van der Waals surface area contributed by atoms with Crippen LogP contribution in [0.15, 0.2) is 0 Å². The molecule has 0 aromatic rings. The molecule has 19 heavy (non-hydrogen) atoms. The van der Waals surface area contributed by atoms with Crippen molar-refractivity contribution in [2.45, 2.75) is 50.9 Å². The van der Waals surface area contributed by atoms with Gasteiger partial charge in [0.2, 0.25) is 5.91 Å². The molecular formula is C12H23NO6. The summed E-state index contributed by atoms with van der Waals surface area (Å²) in [5.74, 6) is -2.01. The van der Waals surface area contributed by atoms with Crippen LogP contribution in [0.1, 0.15) is 33.1 Å². The van der Waals surface area contributed by atoms with Gasteiger partial charge in [0.1, 0.15) is 0 Å². The zero-order valence-corrected chi connectivity index (χ0v) is 11.5. The second kappa shape index (κ2) is 7.42. The molecule has 7 nitrogen and oxygen atoms in total. The number of amides is 1. The van der Waals surface area contributed by atoms with Gasteiger partial charge in [-0.25, -0.2) is 0 Å². The standard InChI is InChI=1S/C12H23NO6/c1-7(2)10(16)8(14)4-5-12(18,11(13)17)6-9(15)19-3/h7-8,10,14,16,18H,4-6H2,1-3H3,(H2,13,17). The number of nitrogens with two attached hydrogens (primary N) is 1. The zero-order chi connectivity index (χ0) is 15.2. The van der Waals surface area contributed by atoms with Gasteiger partial charge in [-0.05, 0) is 18.8 Å². The van der Waals surface area contributed by atoms with Crippen LogP contribution in [0, 0.1) is 5.92 Å². The van der Waals surface area contributed by atoms with Crippen LogP contribution in [-0.2, 0) is 14.3 Å². The summed E-state index contributed by atoms with van der Waals surface area (Å²) in [6, 6.07) is 0. The molecule has 0 saturated carbocycles. The molecule has 5 N–H and O–H groups in total. The number of carbonyl (C=O) groups excluding carboxylic acids is 2. The van der Waals surface area contributed by atoms with Crippen LogP contribution in [0.25, 0.3) is 0 Å². The molecule has 0 bridgehead atoms. The molecule has 0 aliphatic carbocycles. The minimum Gasteiger partial charge on any atom is -0.469 e. The van der Waals surface area contributed by atoms with Gasteiger partial charge in [-0.15, -0.1) is 0 Å². The number of primary amides is 1. The molecule has 0 rings (SSSR count). The highest BCUT2D eigenvalue weighted by atomic mass is 16.5. The number of hydrogen-bond donors (Lipinski definition) is 4. The van der Waals surface area contributed by atoms with Gasteiger partial charge in [-0.1, -0.05) is 13.8 Å². The van der Waals surface area contributed by atoms with E-state index in [1.54, 1.807) is 13.8 Å². The highest BCUT2D eigenvalue weighted by Crippen LogP contribution is 2.21. The van der Waals surface area contributed by atoms with E-state index in [4.69, 9.17) is 5.73 Å². The molecule has 0 radical (unpaired) electrons. The minimum absolute atomic E-state index is 0.0597. The predicted octanol–water partition coefficient (Wildman–Crippen LogP) is -1.08. The highest BCUT2D eigenvalue weighted by Gasteiger charge is 2.38. The number of rotatable bonds is 8. The van der Waals surface area contributed by atoms with Crippen molar-refractivity contribution in [2.75, 3.05) is 7.11 Å². The van der Waals surface area contributed by atoms with Gasteiger partial charge in [0.25, 0.3) is 0 Å². The summed E-state index contributed by atoms with van der Waals surface area (Å²) in [6.07, 6.45) is -2.96. The smallest absolute Gasteiger partial charge is 0.308 e. The van der Waals surface area contributed by atoms with Crippen molar-refractivity contribution in [2.24, 2.45) is 11.7 Å². The van der Waals surface area contributed by atoms with Crippen LogP contribution in [-0.4, -0.2) is 52.1 Å². The first kappa shape index (κ1) is 17.8. The first-order chi connectivity index (χ1) is 8.64. The van der Waals surface area contributed by atoms with Gasteiger partial charge < -0.3 is 25.8 Å². The van der Waals surface area contributed by atoms with Gasteiger partial charge in [-0.3, -0.25) is 9.59 Å². The summed E-state index contributed by atoms with van der Waals surface area (Å²) in [5, 5.41) is 29.3. The van der Waals surface area contributed by atoms with Gasteiger partial charge in [0.15, 0.2) is 5.60 Å². The van der Waals surface area contributed by atoms with E-state index in [-0.39, 0.29) is 18.8 Å². The normalized spacial score (nSPS) is 17.6. The van der Waals surface area contributed by atoms with E-state index in [0.29, 0.717) is 0 Å². The van der Waals surface area contributed by atoms with Crippen molar-refractivity contribution in [3.05, 3.63) is 0 Å². The van der Waals surface area contributed by atoms with Crippen molar-refractivity contribution in [1.29, 1.82) is 0 Å². The molecule has 0 aromatic heterocycles. The molecule has 1 amide bonds. The van der Waals surface area contributed by atoms with Crippen LogP contribution in [0.4, 0.5) is 0 Å². The number of hydrogen-bond acceptors (Lipinski definition) is 6. The summed E-state index contributed by atoms with van der Waals surface area (Å²) in [4.78, 5) is 22.3. The Morgan fingerprint density at radius 3 is 2.21 bits per heavy atom. The maximum absolute atomic E-state index is 11.2. The van der Waals surface area contributed by atoms with Crippen molar-refractivity contribution < 1.29 is 29.6 Å². The summed E-state index contributed by atoms with van der Waals surface area (Å²) in [5.41, 5.74) is 2.98. The highest BCUT2D eigenvalue weighted by molar-refractivity contribution is 5.88. The predicted molar refractivity (Wildman–Crippen MR) is 66.9 cm³/mol. The third-order valence-corrected chi connectivity index (χ3v) is 3.05. The van der Waals surface area contributed by atoms with E-state index in [2.05, 4.69) is 4.74 Å². The zero-order valence-electron chi connectivity index (χ0n) is 11.5. The van der Waals surface area contributed by atoms with Gasteiger partial charge in [0.05, 0.1) is 25.7 Å². The second-order valence-corrected chi connectivity index (χ2v) is 4.99. The summed E-state index contributed by atoms with van der Waals surface area (Å²) < 4.78 is 4.37. The quantitative estimate of drug-likeness (QED) is 0.418. The Labute approximate surface area is 112 Å². The largest absolute Gasteiger partial charge is 0.469 e. The third kappa shape index (κ3) is 5.54. The first-order valence-corrected chi connectivity index (χ1v) is 6.09. The monoisotopic (exact) mass is 277 g/mol. The molecule has 7 heteroatoms. The third-order valence-electron chi connectivity index (χ3n) is 3.05. The number of carbonyl (C=O) groups is 2. The molecule has 112 valence electrons. The fraction of sp³-hybridized carbons (Fsp3) is 0.833. The number of methoxy groups -OCH3 is 1. The van der Waals surface area contributed by atoms with Crippen LogP contribution >= 0.6 is 0 Å². The van der Waals surface area contributed by atoms with Gasteiger partial charge >= 0.3 is 5.97 Å². The second-order valence-electron chi connectivity index (χ2n) is 4.99. The van der Waals surface area contributed by atoms with Gasteiger partial charge in [-0.2, -0.15) is 0 Å². The van der Waals surface area contributed by atoms with Crippen molar-refractivity contribution >= 4 is 11.9 Å². The molecule has 0 spiro atoms. The Kier molecular flexibility index (Phi) is 6.96.